The highest BCUT2D eigenvalue weighted by Crippen LogP contribution is 2.28. The minimum Gasteiger partial charge on any atom is -0.497 e. The van der Waals surface area contributed by atoms with Crippen LogP contribution in [0.25, 0.3) is 11.2 Å². The Balaban J connectivity index is 1.74. The summed E-state index contributed by atoms with van der Waals surface area (Å²) < 4.78 is 33.9. The minimum absolute atomic E-state index is 0.202. The summed E-state index contributed by atoms with van der Waals surface area (Å²) in [6.07, 6.45) is 3.34. The Labute approximate surface area is 181 Å². The average molecular weight is 443 g/mol. The molecule has 0 bridgehead atoms. The second-order valence-corrected chi connectivity index (χ2v) is 9.77. The van der Waals surface area contributed by atoms with Crippen LogP contribution in [0.2, 0.25) is 0 Å². The van der Waals surface area contributed by atoms with Crippen molar-refractivity contribution in [3.05, 3.63) is 48.8 Å². The Hall–Kier alpha value is -2.98. The van der Waals surface area contributed by atoms with Crippen molar-refractivity contribution in [2.45, 2.75) is 16.8 Å². The van der Waals surface area contributed by atoms with E-state index < -0.39 is 15.1 Å². The smallest absolute Gasteiger partial charge is 0.251 e. The lowest BCUT2D eigenvalue weighted by molar-refractivity contribution is 0.414. The number of fused-ring (bicyclic) bond motifs is 1. The van der Waals surface area contributed by atoms with Crippen LogP contribution in [0, 0.1) is 0 Å². The Morgan fingerprint density at radius 2 is 1.94 bits per heavy atom. The van der Waals surface area contributed by atoms with Crippen molar-refractivity contribution in [1.82, 2.24) is 24.4 Å². The molecule has 1 unspecified atom stereocenters. The molecule has 9 nitrogen and oxygen atoms in total. The van der Waals surface area contributed by atoms with Gasteiger partial charge in [0.2, 0.25) is 9.84 Å². The van der Waals surface area contributed by atoms with Crippen LogP contribution in [0.4, 0.5) is 5.82 Å². The molecule has 0 amide bonds. The third kappa shape index (κ3) is 4.00. The lowest BCUT2D eigenvalue weighted by Gasteiger charge is -2.19. The molecule has 10 heteroatoms. The number of aryl methyl sites for hydroxylation is 1. The molecule has 3 heterocycles. The second-order valence-electron chi connectivity index (χ2n) is 7.71. The molecule has 3 aromatic rings. The first-order valence-electron chi connectivity index (χ1n) is 9.95. The molecule has 1 aliphatic heterocycles. The number of sulfone groups is 1. The summed E-state index contributed by atoms with van der Waals surface area (Å²) in [6.45, 7) is 6.03. The van der Waals surface area contributed by atoms with Crippen molar-refractivity contribution in [2.24, 2.45) is 7.05 Å². The van der Waals surface area contributed by atoms with Gasteiger partial charge in [0.1, 0.15) is 5.75 Å². The van der Waals surface area contributed by atoms with Gasteiger partial charge in [-0.05, 0) is 31.2 Å². The molecule has 31 heavy (non-hydrogen) atoms. The van der Waals surface area contributed by atoms with Crippen LogP contribution < -0.4 is 9.64 Å². The van der Waals surface area contributed by atoms with E-state index in [-0.39, 0.29) is 11.6 Å². The summed E-state index contributed by atoms with van der Waals surface area (Å²) in [4.78, 5) is 17.5. The second kappa shape index (κ2) is 8.27. The molecular formula is C21H26N6O3S. The molecule has 1 fully saturated rings. The maximum Gasteiger partial charge on any atom is 0.251 e. The van der Waals surface area contributed by atoms with Gasteiger partial charge in [0, 0.05) is 20.1 Å². The number of rotatable bonds is 7. The van der Waals surface area contributed by atoms with Crippen LogP contribution >= 0.6 is 0 Å². The largest absolute Gasteiger partial charge is 0.497 e. The summed E-state index contributed by atoms with van der Waals surface area (Å²) in [7, 11) is 1.52. The Morgan fingerprint density at radius 3 is 2.55 bits per heavy atom. The number of ether oxygens (including phenoxy) is 1. The van der Waals surface area contributed by atoms with Gasteiger partial charge in [-0.25, -0.2) is 13.4 Å². The van der Waals surface area contributed by atoms with E-state index in [4.69, 9.17) is 4.74 Å². The standard InChI is InChI=1S/C21H26N6O3S/c1-5-17(12-15-6-8-16(30-4)9-7-15)31(28,29)21-23-19-18(22-13-26(19)3)20(24-21)27-11-10-25(2)14-27/h5-9,13,17H,1,10-12,14H2,2-4H3. The van der Waals surface area contributed by atoms with Gasteiger partial charge in [-0.3, -0.25) is 4.90 Å². The third-order valence-electron chi connectivity index (χ3n) is 5.50. The number of aromatic nitrogens is 4. The number of methoxy groups -OCH3 is 1. The van der Waals surface area contributed by atoms with Gasteiger partial charge in [0.15, 0.2) is 17.0 Å². The molecule has 1 aromatic carbocycles. The number of likely N-dealkylation sites (N-methyl/N-ethyl adjacent to an activating group) is 1. The molecular weight excluding hydrogens is 416 g/mol. The van der Waals surface area contributed by atoms with Gasteiger partial charge in [-0.1, -0.05) is 18.2 Å². The molecule has 0 saturated carbocycles. The van der Waals surface area contributed by atoms with Gasteiger partial charge >= 0.3 is 0 Å². The van der Waals surface area contributed by atoms with E-state index in [0.29, 0.717) is 29.4 Å². The predicted molar refractivity (Wildman–Crippen MR) is 119 cm³/mol. The molecule has 1 aliphatic rings. The van der Waals surface area contributed by atoms with Crippen LogP contribution in [0.15, 0.2) is 48.4 Å². The van der Waals surface area contributed by atoms with Crippen molar-refractivity contribution in [1.29, 1.82) is 0 Å². The van der Waals surface area contributed by atoms with Crippen molar-refractivity contribution >= 4 is 26.8 Å². The summed E-state index contributed by atoms with van der Waals surface area (Å²) in [5, 5.41) is -1.06. The first kappa shape index (κ1) is 21.3. The molecule has 1 atom stereocenters. The fourth-order valence-electron chi connectivity index (χ4n) is 3.67. The maximum absolute atomic E-state index is 13.5. The first-order valence-corrected chi connectivity index (χ1v) is 11.5. The lowest BCUT2D eigenvalue weighted by Crippen LogP contribution is -2.27. The van der Waals surface area contributed by atoms with Crippen LogP contribution in [0.3, 0.4) is 0 Å². The zero-order valence-electron chi connectivity index (χ0n) is 17.9. The Morgan fingerprint density at radius 1 is 1.19 bits per heavy atom. The normalized spacial score (nSPS) is 16.0. The zero-order chi connectivity index (χ0) is 22.2. The van der Waals surface area contributed by atoms with Gasteiger partial charge in [-0.2, -0.15) is 9.97 Å². The van der Waals surface area contributed by atoms with E-state index in [1.54, 1.807) is 25.1 Å². The lowest BCUT2D eigenvalue weighted by atomic mass is 10.1. The average Bonchev–Trinajstić information content (AvgIpc) is 3.37. The Bertz CT molecular complexity index is 1210. The molecule has 2 aromatic heterocycles. The van der Waals surface area contributed by atoms with Crippen molar-refractivity contribution in [3.8, 4) is 5.75 Å². The summed E-state index contributed by atoms with van der Waals surface area (Å²) in [5.74, 6) is 1.26. The van der Waals surface area contributed by atoms with Gasteiger partial charge in [0.05, 0.1) is 25.4 Å². The fraction of sp³-hybridized carbons (Fsp3) is 0.381. The van der Waals surface area contributed by atoms with Crippen LogP contribution in [-0.4, -0.2) is 72.0 Å². The molecule has 0 N–H and O–H groups in total. The topological polar surface area (TPSA) is 93.5 Å². The van der Waals surface area contributed by atoms with Crippen molar-refractivity contribution in [3.63, 3.8) is 0 Å². The molecule has 164 valence electrons. The molecule has 1 saturated heterocycles. The van der Waals surface area contributed by atoms with Crippen LogP contribution in [0.5, 0.6) is 5.75 Å². The summed E-state index contributed by atoms with van der Waals surface area (Å²) >= 11 is 0. The Kier molecular flexibility index (Phi) is 5.67. The SMILES string of the molecule is C=CC(Cc1ccc(OC)cc1)S(=O)(=O)c1nc(N2CCN(C)C2)c2ncn(C)c2n1. The van der Waals surface area contributed by atoms with Crippen molar-refractivity contribution in [2.75, 3.05) is 38.8 Å². The number of anilines is 1. The number of hydrogen-bond donors (Lipinski definition) is 0. The van der Waals surface area contributed by atoms with E-state index in [2.05, 4.69) is 26.4 Å². The van der Waals surface area contributed by atoms with Gasteiger partial charge in [0.25, 0.3) is 5.16 Å². The molecule has 0 spiro atoms. The zero-order valence-corrected chi connectivity index (χ0v) is 18.7. The first-order chi connectivity index (χ1) is 14.8. The highest BCUT2D eigenvalue weighted by Gasteiger charge is 2.32. The van der Waals surface area contributed by atoms with E-state index in [0.717, 1.165) is 18.7 Å². The van der Waals surface area contributed by atoms with Crippen LogP contribution in [-0.2, 0) is 23.3 Å². The van der Waals surface area contributed by atoms with E-state index in [9.17, 15) is 8.42 Å². The monoisotopic (exact) mass is 442 g/mol. The molecule has 4 rings (SSSR count). The molecule has 0 radical (unpaired) electrons. The summed E-state index contributed by atoms with van der Waals surface area (Å²) in [5.41, 5.74) is 1.95. The summed E-state index contributed by atoms with van der Waals surface area (Å²) in [6, 6.07) is 7.31. The predicted octanol–water partition coefficient (Wildman–Crippen LogP) is 1.65. The highest BCUT2D eigenvalue weighted by atomic mass is 32.2. The minimum atomic E-state index is -3.87. The van der Waals surface area contributed by atoms with Crippen molar-refractivity contribution < 1.29 is 13.2 Å². The highest BCUT2D eigenvalue weighted by molar-refractivity contribution is 7.92. The molecule has 0 aliphatic carbocycles. The quantitative estimate of drug-likeness (QED) is 0.403. The third-order valence-corrected chi connectivity index (χ3v) is 7.34. The number of hydrogen-bond acceptors (Lipinski definition) is 8. The van der Waals surface area contributed by atoms with E-state index in [1.807, 2.05) is 36.2 Å². The van der Waals surface area contributed by atoms with Crippen LogP contribution in [0.1, 0.15) is 5.56 Å². The number of benzene rings is 1. The maximum atomic E-state index is 13.5. The number of nitrogens with zero attached hydrogens (tertiary/aromatic N) is 6. The number of imidazole rings is 1. The van der Waals surface area contributed by atoms with E-state index >= 15 is 0 Å². The van der Waals surface area contributed by atoms with Gasteiger partial charge in [-0.15, -0.1) is 6.58 Å². The fourth-order valence-corrected chi connectivity index (χ4v) is 5.03. The van der Waals surface area contributed by atoms with Gasteiger partial charge < -0.3 is 14.2 Å². The van der Waals surface area contributed by atoms with E-state index in [1.165, 1.54) is 6.08 Å².